The normalized spacial score (nSPS) is 11.2. The van der Waals surface area contributed by atoms with E-state index in [1.807, 2.05) is 48.5 Å². The van der Waals surface area contributed by atoms with Crippen LogP contribution in [0.4, 0.5) is 11.5 Å². The molecular weight excluding hydrogens is 426 g/mol. The van der Waals surface area contributed by atoms with Gasteiger partial charge in [-0.3, -0.25) is 14.8 Å². The van der Waals surface area contributed by atoms with Crippen LogP contribution in [0.3, 0.4) is 0 Å². The maximum atomic E-state index is 11.6. The number of carbonyl (C=O) groups excluding carboxylic acids is 1. The lowest BCUT2D eigenvalue weighted by atomic mass is 10.1. The van der Waals surface area contributed by atoms with Crippen molar-refractivity contribution in [3.8, 4) is 11.3 Å². The highest BCUT2D eigenvalue weighted by molar-refractivity contribution is 6.33. The van der Waals surface area contributed by atoms with E-state index < -0.39 is 0 Å². The average Bonchev–Trinajstić information content (AvgIpc) is 2.83. The van der Waals surface area contributed by atoms with E-state index in [1.165, 1.54) is 0 Å². The van der Waals surface area contributed by atoms with E-state index >= 15 is 0 Å². The van der Waals surface area contributed by atoms with Crippen molar-refractivity contribution in [1.29, 1.82) is 0 Å². The Labute approximate surface area is 192 Å². The summed E-state index contributed by atoms with van der Waals surface area (Å²) in [5.41, 5.74) is 3.21. The van der Waals surface area contributed by atoms with Crippen molar-refractivity contribution in [2.24, 2.45) is 4.99 Å². The zero-order chi connectivity index (χ0) is 22.6. The van der Waals surface area contributed by atoms with Crippen molar-refractivity contribution in [3.63, 3.8) is 0 Å². The Morgan fingerprint density at radius 1 is 1.19 bits per heavy atom. The first kappa shape index (κ1) is 23.4. The van der Waals surface area contributed by atoms with Gasteiger partial charge in [0.05, 0.1) is 24.5 Å². The fourth-order valence-electron chi connectivity index (χ4n) is 2.90. The summed E-state index contributed by atoms with van der Waals surface area (Å²) in [6.45, 7) is 4.24. The molecule has 2 heterocycles. The molecule has 0 amide bonds. The highest BCUT2D eigenvalue weighted by atomic mass is 35.5. The second-order valence-corrected chi connectivity index (χ2v) is 7.38. The van der Waals surface area contributed by atoms with Crippen LogP contribution >= 0.6 is 11.6 Å². The fourth-order valence-corrected chi connectivity index (χ4v) is 3.09. The van der Waals surface area contributed by atoms with E-state index in [0.717, 1.165) is 23.2 Å². The predicted octanol–water partition coefficient (Wildman–Crippen LogP) is 4.85. The number of anilines is 2. The molecule has 7 nitrogen and oxygen atoms in total. The van der Waals surface area contributed by atoms with Crippen LogP contribution in [0.2, 0.25) is 5.02 Å². The maximum absolute atomic E-state index is 11.6. The smallest absolute Gasteiger partial charge is 0.185 e. The zero-order valence-corrected chi connectivity index (χ0v) is 18.7. The van der Waals surface area contributed by atoms with Gasteiger partial charge in [0.2, 0.25) is 0 Å². The van der Waals surface area contributed by atoms with Crippen LogP contribution < -0.4 is 10.6 Å². The Balaban J connectivity index is 1.81. The zero-order valence-electron chi connectivity index (χ0n) is 17.9. The standard InChI is InChI=1S/C24H26ClN5O2/c1-2-12-32-13-11-27-24-22(9-8-21(30-24)19-6-3-7-20(25)14-19)29-23(17-31)28-16-18-5-4-10-26-15-18/h3-10,14-15,17H,2,11-13,16H2,1H3,(H,27,30)(H,28,29). The molecule has 3 rings (SSSR count). The van der Waals surface area contributed by atoms with Gasteiger partial charge in [-0.25, -0.2) is 4.98 Å². The van der Waals surface area contributed by atoms with E-state index in [1.54, 1.807) is 12.4 Å². The van der Waals surface area contributed by atoms with Crippen LogP contribution in [0.1, 0.15) is 18.9 Å². The summed E-state index contributed by atoms with van der Waals surface area (Å²) < 4.78 is 5.55. The highest BCUT2D eigenvalue weighted by Crippen LogP contribution is 2.27. The number of pyridine rings is 2. The molecule has 0 aliphatic heterocycles. The topological polar surface area (TPSA) is 88.5 Å². The van der Waals surface area contributed by atoms with E-state index in [0.29, 0.717) is 49.1 Å². The molecule has 0 bridgehead atoms. The van der Waals surface area contributed by atoms with Crippen molar-refractivity contribution in [3.05, 3.63) is 71.5 Å². The Morgan fingerprint density at radius 2 is 2.09 bits per heavy atom. The Morgan fingerprint density at radius 3 is 2.84 bits per heavy atom. The van der Waals surface area contributed by atoms with Crippen LogP contribution in [0, 0.1) is 0 Å². The van der Waals surface area contributed by atoms with Crippen LogP contribution in [0.25, 0.3) is 11.3 Å². The van der Waals surface area contributed by atoms with E-state index in [4.69, 9.17) is 21.3 Å². The molecular formula is C24H26ClN5O2. The number of carbonyl (C=O) groups is 1. The summed E-state index contributed by atoms with van der Waals surface area (Å²) in [7, 11) is 0. The molecule has 2 N–H and O–H groups in total. The molecule has 0 fully saturated rings. The molecule has 0 radical (unpaired) electrons. The molecule has 0 unspecified atom stereocenters. The lowest BCUT2D eigenvalue weighted by Crippen LogP contribution is -2.17. The van der Waals surface area contributed by atoms with Crippen LogP contribution in [0.5, 0.6) is 0 Å². The van der Waals surface area contributed by atoms with Gasteiger partial charge in [-0.15, -0.1) is 0 Å². The van der Waals surface area contributed by atoms with E-state index in [-0.39, 0.29) is 5.84 Å². The van der Waals surface area contributed by atoms with Gasteiger partial charge in [0.25, 0.3) is 0 Å². The number of ether oxygens (including phenoxy) is 1. The number of amidine groups is 1. The monoisotopic (exact) mass is 451 g/mol. The number of aromatic nitrogens is 2. The van der Waals surface area contributed by atoms with Gasteiger partial charge in [-0.05, 0) is 42.3 Å². The molecule has 0 saturated carbocycles. The molecule has 32 heavy (non-hydrogen) atoms. The first-order valence-electron chi connectivity index (χ1n) is 10.4. The van der Waals surface area contributed by atoms with Crippen molar-refractivity contribution >= 4 is 35.2 Å². The highest BCUT2D eigenvalue weighted by Gasteiger charge is 2.10. The van der Waals surface area contributed by atoms with E-state index in [9.17, 15) is 4.79 Å². The first-order chi connectivity index (χ1) is 15.7. The van der Waals surface area contributed by atoms with Crippen LogP contribution in [0.15, 0.2) is 65.9 Å². The number of aliphatic imine (C=N–C) groups is 1. The van der Waals surface area contributed by atoms with Crippen molar-refractivity contribution < 1.29 is 9.53 Å². The summed E-state index contributed by atoms with van der Waals surface area (Å²) in [6.07, 6.45) is 5.07. The fraction of sp³-hybridized carbons (Fsp3) is 0.250. The molecule has 1 aromatic carbocycles. The molecule has 0 aliphatic rings. The van der Waals surface area contributed by atoms with Crippen LogP contribution in [-0.4, -0.2) is 41.8 Å². The average molecular weight is 452 g/mol. The number of halogens is 1. The molecule has 3 aromatic rings. The van der Waals surface area contributed by atoms with Gasteiger partial charge < -0.3 is 15.4 Å². The molecule has 166 valence electrons. The molecule has 0 aliphatic carbocycles. The van der Waals surface area contributed by atoms with Crippen molar-refractivity contribution in [2.45, 2.75) is 19.9 Å². The van der Waals surface area contributed by atoms with Gasteiger partial charge >= 0.3 is 0 Å². The lowest BCUT2D eigenvalue weighted by Gasteiger charge is -2.14. The molecule has 8 heteroatoms. The van der Waals surface area contributed by atoms with Crippen LogP contribution in [-0.2, 0) is 16.1 Å². The second-order valence-electron chi connectivity index (χ2n) is 6.95. The SMILES string of the molecule is CCCOCCNc1nc(-c2cccc(Cl)c2)ccc1NC(C=O)=NCc1cccnc1. The third-order valence-corrected chi connectivity index (χ3v) is 4.67. The summed E-state index contributed by atoms with van der Waals surface area (Å²) >= 11 is 6.14. The maximum Gasteiger partial charge on any atom is 0.185 e. The number of aldehydes is 1. The minimum Gasteiger partial charge on any atom is -0.380 e. The second kappa shape index (κ2) is 12.5. The number of nitrogens with one attached hydrogen (secondary N) is 2. The number of hydrogen-bond acceptors (Lipinski definition) is 6. The largest absolute Gasteiger partial charge is 0.380 e. The Hall–Kier alpha value is -3.29. The molecule has 0 spiro atoms. The van der Waals surface area contributed by atoms with Crippen molar-refractivity contribution in [1.82, 2.24) is 9.97 Å². The van der Waals surface area contributed by atoms with Crippen molar-refractivity contribution in [2.75, 3.05) is 30.4 Å². The third kappa shape index (κ3) is 7.14. The predicted molar refractivity (Wildman–Crippen MR) is 129 cm³/mol. The first-order valence-corrected chi connectivity index (χ1v) is 10.8. The summed E-state index contributed by atoms with van der Waals surface area (Å²) in [5, 5.41) is 7.01. The number of rotatable bonds is 11. The minimum absolute atomic E-state index is 0.205. The molecule has 2 aromatic heterocycles. The lowest BCUT2D eigenvalue weighted by molar-refractivity contribution is -0.102. The number of hydrogen-bond donors (Lipinski definition) is 2. The van der Waals surface area contributed by atoms with Gasteiger partial charge in [0, 0.05) is 36.1 Å². The summed E-state index contributed by atoms with van der Waals surface area (Å²) in [6, 6.07) is 15.0. The Kier molecular flexibility index (Phi) is 9.16. The quantitative estimate of drug-likeness (QED) is 0.187. The minimum atomic E-state index is 0.205. The molecule has 0 saturated heterocycles. The third-order valence-electron chi connectivity index (χ3n) is 4.43. The van der Waals surface area contributed by atoms with Gasteiger partial charge in [-0.1, -0.05) is 36.7 Å². The number of nitrogens with zero attached hydrogens (tertiary/aromatic N) is 3. The summed E-state index contributed by atoms with van der Waals surface area (Å²) in [4.78, 5) is 24.8. The van der Waals surface area contributed by atoms with E-state index in [2.05, 4.69) is 27.5 Å². The molecule has 0 atom stereocenters. The number of benzene rings is 1. The van der Waals surface area contributed by atoms with Gasteiger partial charge in [0.1, 0.15) is 0 Å². The summed E-state index contributed by atoms with van der Waals surface area (Å²) in [5.74, 6) is 0.801. The van der Waals surface area contributed by atoms with Gasteiger partial charge in [0.15, 0.2) is 17.9 Å². The van der Waals surface area contributed by atoms with Gasteiger partial charge in [-0.2, -0.15) is 0 Å². The Bertz CT molecular complexity index is 1040.